The van der Waals surface area contributed by atoms with Crippen LogP contribution >= 0.6 is 0 Å². The van der Waals surface area contributed by atoms with Crippen LogP contribution in [0.1, 0.15) is 0 Å². The van der Waals surface area contributed by atoms with E-state index in [1.54, 1.807) is 0 Å². The van der Waals surface area contributed by atoms with Crippen molar-refractivity contribution in [2.24, 2.45) is 0 Å². The van der Waals surface area contributed by atoms with Gasteiger partial charge < -0.3 is 9.32 Å². The van der Waals surface area contributed by atoms with Gasteiger partial charge in [0.05, 0.1) is 0 Å². The summed E-state index contributed by atoms with van der Waals surface area (Å²) in [6.07, 6.45) is 0. The largest absolute Gasteiger partial charge is 0.455 e. The zero-order valence-corrected chi connectivity index (χ0v) is 35.0. The number of rotatable bonds is 8. The van der Waals surface area contributed by atoms with E-state index in [1.165, 1.54) is 60.7 Å². The van der Waals surface area contributed by atoms with E-state index in [0.717, 1.165) is 55.5 Å². The molecular weight excluding hydrogens is 775 g/mol. The SMILES string of the molecule is c1ccc(-c2ccc(-c3ccc(N(c4ccc(-c5ccc(-c6ccc7ccccc7c6)cc5)cc4)c4cccc(-c5cccc6oc7c8ccccc8ccc7c56)c4)cc3)cc2)cc1. The first-order valence-corrected chi connectivity index (χ1v) is 21.9. The van der Waals surface area contributed by atoms with Gasteiger partial charge in [-0.25, -0.2) is 0 Å². The average molecular weight is 816 g/mol. The normalized spacial score (nSPS) is 11.4. The molecule has 11 aromatic carbocycles. The molecule has 0 atom stereocenters. The molecule has 0 aliphatic carbocycles. The Bertz CT molecular complexity index is 3620. The van der Waals surface area contributed by atoms with Crippen LogP contribution in [0.4, 0.5) is 17.1 Å². The average Bonchev–Trinajstić information content (AvgIpc) is 3.77. The number of benzene rings is 11. The summed E-state index contributed by atoms with van der Waals surface area (Å²) in [5.74, 6) is 0. The Morgan fingerprint density at radius 3 is 1.41 bits per heavy atom. The second kappa shape index (κ2) is 15.8. The summed E-state index contributed by atoms with van der Waals surface area (Å²) >= 11 is 0. The van der Waals surface area contributed by atoms with Crippen molar-refractivity contribution >= 4 is 60.5 Å². The highest BCUT2D eigenvalue weighted by atomic mass is 16.3. The number of furan rings is 1. The van der Waals surface area contributed by atoms with Crippen molar-refractivity contribution < 1.29 is 4.42 Å². The molecule has 1 heterocycles. The Morgan fingerprint density at radius 1 is 0.266 bits per heavy atom. The molecule has 0 bridgehead atoms. The highest BCUT2D eigenvalue weighted by molar-refractivity contribution is 6.19. The molecule has 2 heteroatoms. The fourth-order valence-corrected chi connectivity index (χ4v) is 9.37. The van der Waals surface area contributed by atoms with Crippen LogP contribution in [-0.2, 0) is 0 Å². The second-order valence-electron chi connectivity index (χ2n) is 16.5. The highest BCUT2D eigenvalue weighted by Gasteiger charge is 2.18. The van der Waals surface area contributed by atoms with E-state index >= 15 is 0 Å². The van der Waals surface area contributed by atoms with Gasteiger partial charge in [-0.05, 0) is 126 Å². The topological polar surface area (TPSA) is 16.4 Å². The van der Waals surface area contributed by atoms with Crippen LogP contribution in [0.25, 0.3) is 99.1 Å². The van der Waals surface area contributed by atoms with Gasteiger partial charge >= 0.3 is 0 Å². The van der Waals surface area contributed by atoms with Crippen molar-refractivity contribution in [1.29, 1.82) is 0 Å². The van der Waals surface area contributed by atoms with Gasteiger partial charge in [0.15, 0.2) is 0 Å². The molecule has 0 unspecified atom stereocenters. The number of hydrogen-bond donors (Lipinski definition) is 0. The van der Waals surface area contributed by atoms with Gasteiger partial charge in [0, 0.05) is 33.2 Å². The lowest BCUT2D eigenvalue weighted by molar-refractivity contribution is 0.673. The Labute approximate surface area is 372 Å². The van der Waals surface area contributed by atoms with Gasteiger partial charge in [0.25, 0.3) is 0 Å². The van der Waals surface area contributed by atoms with E-state index in [0.29, 0.717) is 0 Å². The van der Waals surface area contributed by atoms with Gasteiger partial charge in [-0.15, -0.1) is 0 Å². The maximum Gasteiger partial charge on any atom is 0.143 e. The Morgan fingerprint density at radius 2 is 0.750 bits per heavy atom. The molecule has 300 valence electrons. The minimum Gasteiger partial charge on any atom is -0.455 e. The van der Waals surface area contributed by atoms with Crippen molar-refractivity contribution in [1.82, 2.24) is 0 Å². The van der Waals surface area contributed by atoms with Crippen LogP contribution in [0.15, 0.2) is 253 Å². The molecule has 12 rings (SSSR count). The maximum absolute atomic E-state index is 6.60. The molecule has 64 heavy (non-hydrogen) atoms. The molecule has 0 saturated carbocycles. The van der Waals surface area contributed by atoms with E-state index in [4.69, 9.17) is 4.42 Å². The molecule has 2 nitrogen and oxygen atoms in total. The first kappa shape index (κ1) is 37.3. The summed E-state index contributed by atoms with van der Waals surface area (Å²) in [4.78, 5) is 2.36. The third-order valence-corrected chi connectivity index (χ3v) is 12.7. The van der Waals surface area contributed by atoms with Crippen LogP contribution in [-0.4, -0.2) is 0 Å². The molecule has 0 amide bonds. The Hall–Kier alpha value is -8.46. The monoisotopic (exact) mass is 815 g/mol. The smallest absolute Gasteiger partial charge is 0.143 e. The highest BCUT2D eigenvalue weighted by Crippen LogP contribution is 2.43. The van der Waals surface area contributed by atoms with Crippen molar-refractivity contribution in [3.05, 3.63) is 249 Å². The van der Waals surface area contributed by atoms with Gasteiger partial charge in [-0.2, -0.15) is 0 Å². The zero-order chi connectivity index (χ0) is 42.4. The molecule has 12 aromatic rings. The molecule has 0 spiro atoms. The summed E-state index contributed by atoms with van der Waals surface area (Å²) in [6, 6.07) is 89.6. The van der Waals surface area contributed by atoms with Crippen molar-refractivity contribution in [2.75, 3.05) is 4.90 Å². The number of fused-ring (bicyclic) bond motifs is 6. The summed E-state index contributed by atoms with van der Waals surface area (Å²) in [6.45, 7) is 0. The molecule has 0 fully saturated rings. The van der Waals surface area contributed by atoms with E-state index in [2.05, 4.69) is 254 Å². The van der Waals surface area contributed by atoms with Gasteiger partial charge in [-0.1, -0.05) is 194 Å². The van der Waals surface area contributed by atoms with E-state index in [1.807, 2.05) is 0 Å². The molecule has 0 saturated heterocycles. The molecule has 1 aromatic heterocycles. The fourth-order valence-electron chi connectivity index (χ4n) is 9.37. The fraction of sp³-hybridized carbons (Fsp3) is 0. The predicted octanol–water partition coefficient (Wildman–Crippen LogP) is 17.7. The van der Waals surface area contributed by atoms with Crippen molar-refractivity contribution in [3.8, 4) is 55.6 Å². The van der Waals surface area contributed by atoms with Gasteiger partial charge in [0.1, 0.15) is 11.2 Å². The summed E-state index contributed by atoms with van der Waals surface area (Å²) in [5.41, 5.74) is 16.9. The van der Waals surface area contributed by atoms with E-state index < -0.39 is 0 Å². The van der Waals surface area contributed by atoms with Crippen LogP contribution < -0.4 is 4.90 Å². The summed E-state index contributed by atoms with van der Waals surface area (Å²) in [5, 5.41) is 7.06. The second-order valence-corrected chi connectivity index (χ2v) is 16.5. The first-order chi connectivity index (χ1) is 31.7. The summed E-state index contributed by atoms with van der Waals surface area (Å²) in [7, 11) is 0. The number of nitrogens with zero attached hydrogens (tertiary/aromatic N) is 1. The van der Waals surface area contributed by atoms with Crippen LogP contribution in [0.3, 0.4) is 0 Å². The minimum absolute atomic E-state index is 0.888. The molecule has 0 aliphatic heterocycles. The zero-order valence-electron chi connectivity index (χ0n) is 35.0. The molecule has 0 aliphatic rings. The van der Waals surface area contributed by atoms with Crippen molar-refractivity contribution in [2.45, 2.75) is 0 Å². The standard InChI is InChI=1S/C62H41NO/c1-2-10-42(11-3-1)44-20-22-45(23-21-44)47-30-35-54(36-31-47)63(55-37-32-48(33-38-55)46-24-26-49(27-25-46)52-29-28-43-12-4-5-14-51(43)40-52)56-16-8-15-53(41-56)57-18-9-19-60-61(57)59-39-34-50-13-6-7-17-58(50)62(59)64-60/h1-41H. The van der Waals surface area contributed by atoms with Gasteiger partial charge in [0.2, 0.25) is 0 Å². The van der Waals surface area contributed by atoms with Crippen LogP contribution in [0.2, 0.25) is 0 Å². The third kappa shape index (κ3) is 6.79. The summed E-state index contributed by atoms with van der Waals surface area (Å²) < 4.78 is 6.60. The van der Waals surface area contributed by atoms with Crippen molar-refractivity contribution in [3.63, 3.8) is 0 Å². The lowest BCUT2D eigenvalue weighted by atomic mass is 9.97. The Balaban J connectivity index is 0.916. The lowest BCUT2D eigenvalue weighted by Gasteiger charge is -2.26. The maximum atomic E-state index is 6.60. The van der Waals surface area contributed by atoms with Gasteiger partial charge in [-0.3, -0.25) is 0 Å². The quantitative estimate of drug-likeness (QED) is 0.152. The Kier molecular flexibility index (Phi) is 9.20. The molecular formula is C62H41NO. The minimum atomic E-state index is 0.888. The van der Waals surface area contributed by atoms with Crippen LogP contribution in [0.5, 0.6) is 0 Å². The predicted molar refractivity (Wildman–Crippen MR) is 271 cm³/mol. The van der Waals surface area contributed by atoms with Crippen LogP contribution in [0, 0.1) is 0 Å². The van der Waals surface area contributed by atoms with E-state index in [9.17, 15) is 0 Å². The first-order valence-electron chi connectivity index (χ1n) is 21.9. The third-order valence-electron chi connectivity index (χ3n) is 12.7. The molecule has 0 N–H and O–H groups in total. The number of hydrogen-bond acceptors (Lipinski definition) is 2. The lowest BCUT2D eigenvalue weighted by Crippen LogP contribution is -2.10. The molecule has 0 radical (unpaired) electrons. The van der Waals surface area contributed by atoms with E-state index in [-0.39, 0.29) is 0 Å². The number of anilines is 3.